The fourth-order valence-corrected chi connectivity index (χ4v) is 2.27. The van der Waals surface area contributed by atoms with Gasteiger partial charge in [-0.05, 0) is 41.7 Å². The van der Waals surface area contributed by atoms with Crippen LogP contribution in [0.5, 0.6) is 5.75 Å². The first-order valence-corrected chi connectivity index (χ1v) is 7.33. The number of rotatable bonds is 7. The molecule has 0 radical (unpaired) electrons. The molecule has 0 aromatic heterocycles. The van der Waals surface area contributed by atoms with E-state index in [-0.39, 0.29) is 5.75 Å². The minimum Gasteiger partial charge on any atom is -0.435 e. The SMILES string of the molecule is CCCCCc1ccc(-c2ccc(OC(F)F)cc2)cc1. The van der Waals surface area contributed by atoms with Crippen molar-refractivity contribution < 1.29 is 13.5 Å². The van der Waals surface area contributed by atoms with Crippen molar-refractivity contribution in [2.24, 2.45) is 0 Å². The minimum absolute atomic E-state index is 0.185. The van der Waals surface area contributed by atoms with Crippen LogP contribution in [-0.4, -0.2) is 6.61 Å². The summed E-state index contributed by atoms with van der Waals surface area (Å²) in [4.78, 5) is 0. The van der Waals surface area contributed by atoms with Crippen molar-refractivity contribution in [3.8, 4) is 16.9 Å². The summed E-state index contributed by atoms with van der Waals surface area (Å²) in [6, 6.07) is 15.1. The molecule has 1 nitrogen and oxygen atoms in total. The van der Waals surface area contributed by atoms with E-state index in [1.807, 2.05) is 0 Å². The molecule has 0 aliphatic carbocycles. The third kappa shape index (κ3) is 4.85. The molecule has 2 aromatic rings. The predicted octanol–water partition coefficient (Wildman–Crippen LogP) is 5.69. The average Bonchev–Trinajstić information content (AvgIpc) is 2.49. The van der Waals surface area contributed by atoms with Gasteiger partial charge in [-0.15, -0.1) is 0 Å². The zero-order valence-electron chi connectivity index (χ0n) is 12.2. The Balaban J connectivity index is 2.01. The lowest BCUT2D eigenvalue weighted by Gasteiger charge is -2.07. The van der Waals surface area contributed by atoms with Crippen LogP contribution >= 0.6 is 0 Å². The van der Waals surface area contributed by atoms with Crippen LogP contribution in [0.2, 0.25) is 0 Å². The Morgan fingerprint density at radius 1 is 0.857 bits per heavy atom. The number of hydrogen-bond donors (Lipinski definition) is 0. The van der Waals surface area contributed by atoms with Gasteiger partial charge in [-0.25, -0.2) is 0 Å². The maximum Gasteiger partial charge on any atom is 0.387 e. The molecule has 0 heterocycles. The van der Waals surface area contributed by atoms with E-state index in [9.17, 15) is 8.78 Å². The quantitative estimate of drug-likeness (QED) is 0.595. The van der Waals surface area contributed by atoms with E-state index in [1.165, 1.54) is 24.8 Å². The molecule has 21 heavy (non-hydrogen) atoms. The van der Waals surface area contributed by atoms with E-state index < -0.39 is 6.61 Å². The molecule has 0 bridgehead atoms. The monoisotopic (exact) mass is 290 g/mol. The number of ether oxygens (including phenoxy) is 1. The highest BCUT2D eigenvalue weighted by Gasteiger charge is 2.04. The number of halogens is 2. The molecule has 112 valence electrons. The van der Waals surface area contributed by atoms with Crippen LogP contribution < -0.4 is 4.74 Å². The number of alkyl halides is 2. The molecule has 0 atom stereocenters. The molecule has 0 N–H and O–H groups in total. The van der Waals surface area contributed by atoms with Crippen LogP contribution in [0.15, 0.2) is 48.5 Å². The van der Waals surface area contributed by atoms with E-state index in [2.05, 4.69) is 35.9 Å². The summed E-state index contributed by atoms with van der Waals surface area (Å²) in [5.74, 6) is 0.185. The molecule has 0 saturated carbocycles. The van der Waals surface area contributed by atoms with Crippen molar-refractivity contribution in [2.45, 2.75) is 39.2 Å². The predicted molar refractivity (Wildman–Crippen MR) is 81.7 cm³/mol. The van der Waals surface area contributed by atoms with Crippen LogP contribution in [0.4, 0.5) is 8.78 Å². The highest BCUT2D eigenvalue weighted by atomic mass is 19.3. The van der Waals surface area contributed by atoms with Gasteiger partial charge in [-0.3, -0.25) is 0 Å². The summed E-state index contributed by atoms with van der Waals surface area (Å²) in [6.45, 7) is -0.580. The molecule has 0 spiro atoms. The van der Waals surface area contributed by atoms with E-state index in [0.29, 0.717) is 0 Å². The molecule has 2 aromatic carbocycles. The number of aryl methyl sites for hydroxylation is 1. The summed E-state index contributed by atoms with van der Waals surface area (Å²) < 4.78 is 28.5. The van der Waals surface area contributed by atoms with Crippen LogP contribution in [-0.2, 0) is 6.42 Å². The van der Waals surface area contributed by atoms with Gasteiger partial charge >= 0.3 is 6.61 Å². The number of unbranched alkanes of at least 4 members (excludes halogenated alkanes) is 2. The van der Waals surface area contributed by atoms with Gasteiger partial charge < -0.3 is 4.74 Å². The first kappa shape index (κ1) is 15.5. The van der Waals surface area contributed by atoms with Crippen LogP contribution in [0.25, 0.3) is 11.1 Å². The third-order valence-electron chi connectivity index (χ3n) is 3.44. The van der Waals surface area contributed by atoms with Crippen molar-refractivity contribution in [1.29, 1.82) is 0 Å². The molecule has 0 unspecified atom stereocenters. The summed E-state index contributed by atoms with van der Waals surface area (Å²) in [6.07, 6.45) is 4.81. The number of benzene rings is 2. The second-order valence-corrected chi connectivity index (χ2v) is 5.06. The summed E-state index contributed by atoms with van der Waals surface area (Å²) in [5.41, 5.74) is 3.42. The van der Waals surface area contributed by atoms with E-state index in [0.717, 1.165) is 17.5 Å². The Labute approximate surface area is 124 Å². The van der Waals surface area contributed by atoms with Gasteiger partial charge in [-0.1, -0.05) is 56.2 Å². The van der Waals surface area contributed by atoms with Gasteiger partial charge in [0.05, 0.1) is 0 Å². The molecule has 2 rings (SSSR count). The average molecular weight is 290 g/mol. The van der Waals surface area contributed by atoms with Crippen molar-refractivity contribution in [3.05, 3.63) is 54.1 Å². The topological polar surface area (TPSA) is 9.23 Å². The fourth-order valence-electron chi connectivity index (χ4n) is 2.27. The maximum absolute atomic E-state index is 12.1. The van der Waals surface area contributed by atoms with Gasteiger partial charge in [0.1, 0.15) is 5.75 Å². The van der Waals surface area contributed by atoms with Crippen molar-refractivity contribution in [1.82, 2.24) is 0 Å². The Morgan fingerprint density at radius 3 is 1.95 bits per heavy atom. The van der Waals surface area contributed by atoms with Gasteiger partial charge in [0.15, 0.2) is 0 Å². The minimum atomic E-state index is -2.78. The van der Waals surface area contributed by atoms with Gasteiger partial charge in [0, 0.05) is 0 Å². The summed E-state index contributed by atoms with van der Waals surface area (Å²) >= 11 is 0. The van der Waals surface area contributed by atoms with Crippen LogP contribution in [0, 0.1) is 0 Å². The largest absolute Gasteiger partial charge is 0.435 e. The first-order chi connectivity index (χ1) is 10.2. The number of hydrogen-bond acceptors (Lipinski definition) is 1. The second-order valence-electron chi connectivity index (χ2n) is 5.06. The summed E-state index contributed by atoms with van der Waals surface area (Å²) in [5, 5.41) is 0. The molecule has 0 aliphatic rings. The molecule has 0 amide bonds. The van der Waals surface area contributed by atoms with E-state index in [1.54, 1.807) is 24.3 Å². The molecule has 3 heteroatoms. The lowest BCUT2D eigenvalue weighted by atomic mass is 10.0. The maximum atomic E-state index is 12.1. The molecular formula is C18H20F2O. The summed E-state index contributed by atoms with van der Waals surface area (Å²) in [7, 11) is 0. The van der Waals surface area contributed by atoms with Crippen molar-refractivity contribution in [3.63, 3.8) is 0 Å². The Morgan fingerprint density at radius 2 is 1.43 bits per heavy atom. The zero-order valence-corrected chi connectivity index (χ0v) is 12.2. The van der Waals surface area contributed by atoms with Crippen LogP contribution in [0.3, 0.4) is 0 Å². The normalized spacial score (nSPS) is 10.9. The van der Waals surface area contributed by atoms with E-state index >= 15 is 0 Å². The fraction of sp³-hybridized carbons (Fsp3) is 0.333. The van der Waals surface area contributed by atoms with Gasteiger partial charge in [0.25, 0.3) is 0 Å². The highest BCUT2D eigenvalue weighted by Crippen LogP contribution is 2.24. The molecule has 0 aliphatic heterocycles. The zero-order chi connectivity index (χ0) is 15.1. The smallest absolute Gasteiger partial charge is 0.387 e. The molecule has 0 saturated heterocycles. The van der Waals surface area contributed by atoms with Gasteiger partial charge in [-0.2, -0.15) is 8.78 Å². The lowest BCUT2D eigenvalue weighted by Crippen LogP contribution is -2.01. The molecular weight excluding hydrogens is 270 g/mol. The Kier molecular flexibility index (Phi) is 5.73. The Bertz CT molecular complexity index is 532. The van der Waals surface area contributed by atoms with Crippen molar-refractivity contribution >= 4 is 0 Å². The van der Waals surface area contributed by atoms with Crippen LogP contribution in [0.1, 0.15) is 31.7 Å². The third-order valence-corrected chi connectivity index (χ3v) is 3.44. The Hall–Kier alpha value is -1.90. The highest BCUT2D eigenvalue weighted by molar-refractivity contribution is 5.64. The molecule has 0 fully saturated rings. The first-order valence-electron chi connectivity index (χ1n) is 7.33. The van der Waals surface area contributed by atoms with Gasteiger partial charge in [0.2, 0.25) is 0 Å². The second kappa shape index (κ2) is 7.77. The van der Waals surface area contributed by atoms with Crippen molar-refractivity contribution in [2.75, 3.05) is 0 Å². The standard InChI is InChI=1S/C18H20F2O/c1-2-3-4-5-14-6-8-15(9-7-14)16-10-12-17(13-11-16)21-18(19)20/h6-13,18H,2-5H2,1H3. The lowest BCUT2D eigenvalue weighted by molar-refractivity contribution is -0.0498. The van der Waals surface area contributed by atoms with E-state index in [4.69, 9.17) is 0 Å².